The molecule has 74 valence electrons. The van der Waals surface area contributed by atoms with Crippen LogP contribution in [0.25, 0.3) is 0 Å². The zero-order valence-corrected chi connectivity index (χ0v) is 8.69. The molecule has 0 spiro atoms. The van der Waals surface area contributed by atoms with E-state index in [1.807, 2.05) is 0 Å². The quantitative estimate of drug-likeness (QED) is 0.817. The molecule has 1 aliphatic rings. The highest BCUT2D eigenvalue weighted by Gasteiger charge is 2.42. The fraction of sp³-hybridized carbons (Fsp3) is 0.625. The molecule has 0 bridgehead atoms. The molecule has 0 aromatic rings. The van der Waals surface area contributed by atoms with Crippen molar-refractivity contribution in [3.05, 3.63) is 11.1 Å². The summed E-state index contributed by atoms with van der Waals surface area (Å²) in [6.07, 6.45) is 0.133. The molecule has 1 fully saturated rings. The second kappa shape index (κ2) is 4.19. The van der Waals surface area contributed by atoms with E-state index < -0.39 is 11.6 Å². The summed E-state index contributed by atoms with van der Waals surface area (Å²) in [5, 5.41) is 2.42. The summed E-state index contributed by atoms with van der Waals surface area (Å²) in [4.78, 5) is 11.2. The molecule has 1 N–H and O–H groups in total. The molecule has 0 aromatic carbocycles. The summed E-state index contributed by atoms with van der Waals surface area (Å²) in [7, 11) is 0. The molecule has 1 rings (SSSR count). The summed E-state index contributed by atoms with van der Waals surface area (Å²) in [6, 6.07) is 0. The Morgan fingerprint density at radius 3 is 2.92 bits per heavy atom. The van der Waals surface area contributed by atoms with Crippen molar-refractivity contribution >= 4 is 21.8 Å². The smallest absolute Gasteiger partial charge is 0.260 e. The minimum atomic E-state index is -1.84. The second-order valence-electron chi connectivity index (χ2n) is 2.97. The number of hydrogen-bond acceptors (Lipinski definition) is 2. The average Bonchev–Trinajstić information content (AvgIpc) is 2.49. The molecular weight excluding hydrogens is 241 g/mol. The second-order valence-corrected chi connectivity index (χ2v) is 4.09. The van der Waals surface area contributed by atoms with Gasteiger partial charge in [0.05, 0.1) is 13.2 Å². The molecule has 1 amide bonds. The Kier molecular flexibility index (Phi) is 3.44. The van der Waals surface area contributed by atoms with Crippen molar-refractivity contribution in [3.63, 3.8) is 0 Å². The van der Waals surface area contributed by atoms with Gasteiger partial charge in [-0.3, -0.25) is 4.79 Å². The predicted octanol–water partition coefficient (Wildman–Crippen LogP) is 1.14. The van der Waals surface area contributed by atoms with Gasteiger partial charge in [-0.05, 0) is 0 Å². The van der Waals surface area contributed by atoms with Gasteiger partial charge in [0.2, 0.25) is 5.67 Å². The summed E-state index contributed by atoms with van der Waals surface area (Å²) >= 11 is 3.07. The maximum Gasteiger partial charge on any atom is 0.260 e. The average molecular weight is 252 g/mol. The fourth-order valence-electron chi connectivity index (χ4n) is 1.05. The van der Waals surface area contributed by atoms with Gasteiger partial charge in [0.25, 0.3) is 5.91 Å². The molecule has 1 aliphatic heterocycles. The van der Waals surface area contributed by atoms with Crippen LogP contribution in [0.3, 0.4) is 0 Å². The van der Waals surface area contributed by atoms with Crippen molar-refractivity contribution < 1.29 is 13.9 Å². The zero-order chi connectivity index (χ0) is 9.90. The topological polar surface area (TPSA) is 38.3 Å². The zero-order valence-electron chi connectivity index (χ0n) is 7.11. The standard InChI is InChI=1S/C8H11BrFNO2/c1-6(9)4-11-7(12)8(10)2-3-13-5-8/h1-5H2,(H,11,12). The highest BCUT2D eigenvalue weighted by atomic mass is 79.9. The molecule has 3 nitrogen and oxygen atoms in total. The first-order chi connectivity index (χ1) is 6.04. The Balaban J connectivity index is 2.42. The summed E-state index contributed by atoms with van der Waals surface area (Å²) in [6.45, 7) is 3.92. The lowest BCUT2D eigenvalue weighted by molar-refractivity contribution is -0.132. The molecule has 1 atom stereocenters. The number of carbonyl (C=O) groups excluding carboxylic acids is 1. The van der Waals surface area contributed by atoms with Gasteiger partial charge in [0, 0.05) is 17.4 Å². The number of rotatable bonds is 3. The van der Waals surface area contributed by atoms with Crippen molar-refractivity contribution in [2.24, 2.45) is 0 Å². The molecule has 13 heavy (non-hydrogen) atoms. The van der Waals surface area contributed by atoms with Crippen molar-refractivity contribution in [2.75, 3.05) is 19.8 Å². The Morgan fingerprint density at radius 1 is 1.77 bits per heavy atom. The minimum Gasteiger partial charge on any atom is -0.377 e. The number of alkyl halides is 1. The van der Waals surface area contributed by atoms with E-state index in [1.54, 1.807) is 0 Å². The van der Waals surface area contributed by atoms with Crippen LogP contribution in [-0.4, -0.2) is 31.3 Å². The van der Waals surface area contributed by atoms with Gasteiger partial charge in [-0.25, -0.2) is 4.39 Å². The van der Waals surface area contributed by atoms with Gasteiger partial charge in [0.15, 0.2) is 0 Å². The predicted molar refractivity (Wildman–Crippen MR) is 50.4 cm³/mol. The molecule has 5 heteroatoms. The third-order valence-corrected chi connectivity index (χ3v) is 2.10. The van der Waals surface area contributed by atoms with Crippen LogP contribution in [0.2, 0.25) is 0 Å². The lowest BCUT2D eigenvalue weighted by Gasteiger charge is -2.16. The minimum absolute atomic E-state index is 0.133. The lowest BCUT2D eigenvalue weighted by Crippen LogP contribution is -2.44. The van der Waals surface area contributed by atoms with Gasteiger partial charge in [-0.15, -0.1) is 0 Å². The largest absolute Gasteiger partial charge is 0.377 e. The van der Waals surface area contributed by atoms with Gasteiger partial charge in [-0.2, -0.15) is 0 Å². The molecule has 0 saturated carbocycles. The molecule has 0 aromatic heterocycles. The van der Waals surface area contributed by atoms with E-state index in [-0.39, 0.29) is 19.6 Å². The van der Waals surface area contributed by atoms with E-state index in [2.05, 4.69) is 27.8 Å². The Bertz CT molecular complexity index is 226. The van der Waals surface area contributed by atoms with Crippen LogP contribution in [0, 0.1) is 0 Å². The fourth-order valence-corrected chi connectivity index (χ4v) is 1.19. The maximum absolute atomic E-state index is 13.6. The van der Waals surface area contributed by atoms with Crippen LogP contribution >= 0.6 is 15.9 Å². The van der Waals surface area contributed by atoms with E-state index in [0.717, 1.165) is 0 Å². The Labute approximate surface area is 84.5 Å². The van der Waals surface area contributed by atoms with E-state index >= 15 is 0 Å². The molecule has 0 radical (unpaired) electrons. The highest BCUT2D eigenvalue weighted by Crippen LogP contribution is 2.23. The van der Waals surface area contributed by atoms with Crippen LogP contribution < -0.4 is 5.32 Å². The van der Waals surface area contributed by atoms with Crippen molar-refractivity contribution in [3.8, 4) is 0 Å². The molecule has 1 unspecified atom stereocenters. The monoisotopic (exact) mass is 251 g/mol. The summed E-state index contributed by atoms with van der Waals surface area (Å²) < 4.78 is 19.0. The normalized spacial score (nSPS) is 27.2. The third-order valence-electron chi connectivity index (χ3n) is 1.82. The highest BCUT2D eigenvalue weighted by molar-refractivity contribution is 9.11. The number of carbonyl (C=O) groups is 1. The summed E-state index contributed by atoms with van der Waals surface area (Å²) in [5.41, 5.74) is -1.84. The van der Waals surface area contributed by atoms with Crippen molar-refractivity contribution in [1.82, 2.24) is 5.32 Å². The van der Waals surface area contributed by atoms with E-state index in [9.17, 15) is 9.18 Å². The van der Waals surface area contributed by atoms with Gasteiger partial charge < -0.3 is 10.1 Å². The SMILES string of the molecule is C=C(Br)CNC(=O)C1(F)CCOC1. The number of amides is 1. The maximum atomic E-state index is 13.6. The lowest BCUT2D eigenvalue weighted by atomic mass is 10.1. The van der Waals surface area contributed by atoms with Gasteiger partial charge in [-0.1, -0.05) is 22.5 Å². The first-order valence-electron chi connectivity index (χ1n) is 3.93. The summed E-state index contributed by atoms with van der Waals surface area (Å²) in [5.74, 6) is -0.620. The van der Waals surface area contributed by atoms with Crippen LogP contribution in [0.4, 0.5) is 4.39 Å². The van der Waals surface area contributed by atoms with E-state index in [4.69, 9.17) is 4.74 Å². The number of hydrogen-bond donors (Lipinski definition) is 1. The third kappa shape index (κ3) is 2.77. The van der Waals surface area contributed by atoms with Crippen molar-refractivity contribution in [2.45, 2.75) is 12.1 Å². The molecular formula is C8H11BrFNO2. The van der Waals surface area contributed by atoms with Crippen LogP contribution in [0.1, 0.15) is 6.42 Å². The Morgan fingerprint density at radius 2 is 2.46 bits per heavy atom. The van der Waals surface area contributed by atoms with Crippen molar-refractivity contribution in [1.29, 1.82) is 0 Å². The van der Waals surface area contributed by atoms with Crippen LogP contribution in [-0.2, 0) is 9.53 Å². The first-order valence-corrected chi connectivity index (χ1v) is 4.72. The molecule has 0 aliphatic carbocycles. The first kappa shape index (κ1) is 10.7. The van der Waals surface area contributed by atoms with Crippen LogP contribution in [0.5, 0.6) is 0 Å². The van der Waals surface area contributed by atoms with E-state index in [0.29, 0.717) is 11.1 Å². The number of ether oxygens (including phenoxy) is 1. The number of nitrogens with one attached hydrogen (secondary N) is 1. The number of halogens is 2. The van der Waals surface area contributed by atoms with Gasteiger partial charge >= 0.3 is 0 Å². The van der Waals surface area contributed by atoms with Gasteiger partial charge in [0.1, 0.15) is 0 Å². The Hall–Kier alpha value is -0.420. The van der Waals surface area contributed by atoms with Crippen LogP contribution in [0.15, 0.2) is 11.1 Å². The molecule has 1 heterocycles. The van der Waals surface area contributed by atoms with E-state index in [1.165, 1.54) is 0 Å². The molecule has 1 saturated heterocycles.